The second-order valence-corrected chi connectivity index (χ2v) is 11.7. The Bertz CT molecular complexity index is 976. The Morgan fingerprint density at radius 3 is 2.54 bits per heavy atom. The summed E-state index contributed by atoms with van der Waals surface area (Å²) < 4.78 is 62.9. The van der Waals surface area contributed by atoms with Crippen molar-refractivity contribution in [1.29, 1.82) is 0 Å². The molecule has 160 valence electrons. The van der Waals surface area contributed by atoms with Crippen LogP contribution in [0.1, 0.15) is 12.6 Å². The number of nitrogens with one attached hydrogen (secondary N) is 1. The molecule has 0 radical (unpaired) electrons. The van der Waals surface area contributed by atoms with E-state index >= 15 is 0 Å². The topological polar surface area (TPSA) is 198 Å². The van der Waals surface area contributed by atoms with Gasteiger partial charge in [0, 0.05) is 18.7 Å². The first-order chi connectivity index (χ1) is 12.7. The third kappa shape index (κ3) is 7.05. The molecule has 1 aromatic rings. The predicted octanol–water partition coefficient (Wildman–Crippen LogP) is 0.986. The molecule has 28 heavy (non-hydrogen) atoms. The second kappa shape index (κ2) is 8.66. The van der Waals surface area contributed by atoms with Gasteiger partial charge < -0.3 is 24.3 Å². The van der Waals surface area contributed by atoms with E-state index in [9.17, 15) is 32.7 Å². The minimum Gasteiger partial charge on any atom is -0.349 e. The fourth-order valence-corrected chi connectivity index (χ4v) is 6.93. The molecule has 13 nitrogen and oxygen atoms in total. The van der Waals surface area contributed by atoms with Gasteiger partial charge in [0.15, 0.2) is 16.9 Å². The van der Waals surface area contributed by atoms with Crippen molar-refractivity contribution in [2.75, 3.05) is 12.5 Å². The number of halogens is 1. The van der Waals surface area contributed by atoms with Crippen molar-refractivity contribution in [3.05, 3.63) is 27.4 Å². The lowest BCUT2D eigenvalue weighted by molar-refractivity contribution is -0.0377. The van der Waals surface area contributed by atoms with Gasteiger partial charge in [0.2, 0.25) is 0 Å². The maximum absolute atomic E-state index is 14.2. The molecule has 1 aromatic heterocycles. The molecule has 5 N–H and O–H groups in total. The summed E-state index contributed by atoms with van der Waals surface area (Å²) in [5.74, 6) is -1.69. The lowest BCUT2D eigenvalue weighted by Gasteiger charge is -2.19. The van der Waals surface area contributed by atoms with Crippen LogP contribution < -0.4 is 5.56 Å². The SMILES string of the molecule is O=c1ccn([C@@H]2O[C@H](COP(=O)(O)OP(=O)(O)CP(=O)(O)O)CC2F)c(=S)[nH]1. The van der Waals surface area contributed by atoms with Crippen LogP contribution in [0.5, 0.6) is 0 Å². The fraction of sp³-hybridized carbons (Fsp3) is 0.600. The highest BCUT2D eigenvalue weighted by Crippen LogP contribution is 2.65. The molecule has 0 spiro atoms. The van der Waals surface area contributed by atoms with Crippen LogP contribution in [0, 0.1) is 4.77 Å². The standard InChI is InChI=1S/C10H16FN2O11P3S/c11-7-3-6(23-9(7)13-2-1-8(14)12-10(13)28)4-22-27(20,21)24-26(18,19)5-25(15,16)17/h1-2,6-7,9H,3-5H2,(H,18,19)(H,20,21)(H,12,14,28)(H2,15,16,17)/t6-,7?,9+/m0/s1. The quantitative estimate of drug-likeness (QED) is 0.259. The molecular weight excluding hydrogens is 468 g/mol. The Morgan fingerprint density at radius 2 is 1.96 bits per heavy atom. The molecule has 3 unspecified atom stereocenters. The maximum Gasteiger partial charge on any atom is 0.479 e. The minimum atomic E-state index is -5.21. The average Bonchev–Trinajstić information content (AvgIpc) is 2.82. The van der Waals surface area contributed by atoms with Crippen molar-refractivity contribution < 1.29 is 51.2 Å². The van der Waals surface area contributed by atoms with E-state index < -0.39 is 59.6 Å². The summed E-state index contributed by atoms with van der Waals surface area (Å²) in [4.78, 5) is 49.4. The monoisotopic (exact) mass is 484 g/mol. The number of phosphoric acid groups is 1. The number of phosphoric ester groups is 1. The van der Waals surface area contributed by atoms with Crippen molar-refractivity contribution in [3.8, 4) is 0 Å². The predicted molar refractivity (Wildman–Crippen MR) is 92.9 cm³/mol. The fourth-order valence-electron chi connectivity index (χ4n) is 2.30. The van der Waals surface area contributed by atoms with Crippen molar-refractivity contribution >= 4 is 35.2 Å². The van der Waals surface area contributed by atoms with E-state index in [1.807, 2.05) is 0 Å². The molecule has 0 saturated carbocycles. The third-order valence-corrected chi connectivity index (χ3v) is 8.81. The van der Waals surface area contributed by atoms with Gasteiger partial charge in [-0.3, -0.25) is 28.0 Å². The number of alkyl halides is 1. The van der Waals surface area contributed by atoms with Gasteiger partial charge in [0.1, 0.15) is 6.17 Å². The third-order valence-electron chi connectivity index (χ3n) is 3.27. The van der Waals surface area contributed by atoms with Crippen molar-refractivity contribution in [2.45, 2.75) is 24.9 Å². The van der Waals surface area contributed by atoms with Crippen LogP contribution in [0.2, 0.25) is 0 Å². The molecule has 0 aliphatic carbocycles. The molecule has 1 saturated heterocycles. The number of hydrogen-bond acceptors (Lipinski definition) is 8. The van der Waals surface area contributed by atoms with Crippen LogP contribution in [0.4, 0.5) is 4.39 Å². The summed E-state index contributed by atoms with van der Waals surface area (Å²) in [6.07, 6.45) is -3.06. The zero-order valence-corrected chi connectivity index (χ0v) is 17.2. The van der Waals surface area contributed by atoms with Gasteiger partial charge in [-0.25, -0.2) is 13.3 Å². The zero-order valence-electron chi connectivity index (χ0n) is 13.7. The van der Waals surface area contributed by atoms with Gasteiger partial charge in [0.05, 0.1) is 12.7 Å². The van der Waals surface area contributed by atoms with Gasteiger partial charge in [-0.1, -0.05) is 0 Å². The molecule has 18 heteroatoms. The molecule has 1 aliphatic rings. The first kappa shape index (κ1) is 23.7. The lowest BCUT2D eigenvalue weighted by Crippen LogP contribution is -2.21. The lowest BCUT2D eigenvalue weighted by atomic mass is 10.2. The number of H-pyrrole nitrogens is 1. The molecule has 2 heterocycles. The molecule has 5 atom stereocenters. The summed E-state index contributed by atoms with van der Waals surface area (Å²) >= 11 is 4.90. The van der Waals surface area contributed by atoms with Gasteiger partial charge in [0.25, 0.3) is 5.56 Å². The molecule has 1 fully saturated rings. The summed E-state index contributed by atoms with van der Waals surface area (Å²) in [5, 5.41) is 0. The van der Waals surface area contributed by atoms with Crippen LogP contribution in [-0.4, -0.2) is 53.9 Å². The number of hydrogen-bond donors (Lipinski definition) is 5. The minimum absolute atomic E-state index is 0.114. The number of ether oxygens (including phenoxy) is 1. The van der Waals surface area contributed by atoms with Crippen molar-refractivity contribution in [1.82, 2.24) is 9.55 Å². The van der Waals surface area contributed by atoms with E-state index in [0.29, 0.717) is 0 Å². The first-order valence-electron chi connectivity index (χ1n) is 7.33. The Labute approximate surface area is 161 Å². The van der Waals surface area contributed by atoms with Gasteiger partial charge in [-0.15, -0.1) is 0 Å². The largest absolute Gasteiger partial charge is 0.479 e. The molecule has 0 bridgehead atoms. The van der Waals surface area contributed by atoms with Gasteiger partial charge in [-0.2, -0.15) is 0 Å². The van der Waals surface area contributed by atoms with Crippen molar-refractivity contribution in [2.24, 2.45) is 0 Å². The number of aromatic nitrogens is 2. The van der Waals surface area contributed by atoms with Gasteiger partial charge in [-0.05, 0) is 12.2 Å². The summed E-state index contributed by atoms with van der Waals surface area (Å²) in [7, 11) is -15.4. The van der Waals surface area contributed by atoms with E-state index in [1.54, 1.807) is 0 Å². The Balaban J connectivity index is 1.98. The van der Waals surface area contributed by atoms with E-state index in [-0.39, 0.29) is 11.2 Å². The van der Waals surface area contributed by atoms with Crippen LogP contribution >= 0.6 is 35.2 Å². The smallest absolute Gasteiger partial charge is 0.349 e. The molecule has 0 aromatic carbocycles. The Kier molecular flexibility index (Phi) is 7.34. The van der Waals surface area contributed by atoms with Crippen LogP contribution in [0.25, 0.3) is 0 Å². The summed E-state index contributed by atoms with van der Waals surface area (Å²) in [6, 6.07) is 1.09. The first-order valence-corrected chi connectivity index (χ1v) is 12.8. The van der Waals surface area contributed by atoms with Crippen LogP contribution in [-0.2, 0) is 27.3 Å². The highest BCUT2D eigenvalue weighted by atomic mass is 32.1. The summed E-state index contributed by atoms with van der Waals surface area (Å²) in [5.41, 5.74) is -0.503. The number of aromatic amines is 1. The number of nitrogens with zero attached hydrogens (tertiary/aromatic N) is 1. The van der Waals surface area contributed by atoms with E-state index in [0.717, 1.165) is 10.6 Å². The highest BCUT2D eigenvalue weighted by Gasteiger charge is 2.41. The Morgan fingerprint density at radius 1 is 1.32 bits per heavy atom. The molecule has 0 amide bonds. The maximum atomic E-state index is 14.2. The summed E-state index contributed by atoms with van der Waals surface area (Å²) in [6.45, 7) is -0.739. The normalized spacial score (nSPS) is 27.2. The average molecular weight is 484 g/mol. The van der Waals surface area contributed by atoms with E-state index in [2.05, 4.69) is 13.8 Å². The molecule has 2 rings (SSSR count). The second-order valence-electron chi connectivity index (χ2n) is 5.71. The molecule has 1 aliphatic heterocycles. The molecular formula is C10H16FN2O11P3S. The Hall–Kier alpha value is -0.560. The van der Waals surface area contributed by atoms with Gasteiger partial charge >= 0.3 is 23.0 Å². The zero-order chi connectivity index (χ0) is 21.3. The van der Waals surface area contributed by atoms with Crippen LogP contribution in [0.15, 0.2) is 17.1 Å². The van der Waals surface area contributed by atoms with Crippen LogP contribution in [0.3, 0.4) is 0 Å². The number of rotatable bonds is 8. The van der Waals surface area contributed by atoms with Crippen molar-refractivity contribution in [3.63, 3.8) is 0 Å². The van der Waals surface area contributed by atoms with E-state index in [1.165, 1.54) is 6.20 Å². The highest BCUT2D eigenvalue weighted by molar-refractivity contribution is 7.73. The van der Waals surface area contributed by atoms with E-state index in [4.69, 9.17) is 26.7 Å².